The van der Waals surface area contributed by atoms with Gasteiger partial charge in [-0.3, -0.25) is 9.59 Å². The monoisotopic (exact) mass is 278 g/mol. The highest BCUT2D eigenvalue weighted by Gasteiger charge is 2.10. The molecule has 3 N–H and O–H groups in total. The number of nitrogens with zero attached hydrogens (tertiary/aromatic N) is 1. The van der Waals surface area contributed by atoms with Gasteiger partial charge in [-0.25, -0.2) is 0 Å². The highest BCUT2D eigenvalue weighted by molar-refractivity contribution is 5.98. The van der Waals surface area contributed by atoms with Crippen molar-refractivity contribution in [1.82, 2.24) is 0 Å². The van der Waals surface area contributed by atoms with Crippen LogP contribution in [0.5, 0.6) is 0 Å². The maximum atomic E-state index is 11.4. The average molecular weight is 278 g/mol. The van der Waals surface area contributed by atoms with E-state index in [1.54, 1.807) is 19.1 Å². The van der Waals surface area contributed by atoms with Crippen LogP contribution in [0.4, 0.5) is 0 Å². The Morgan fingerprint density at radius 3 is 2.60 bits per heavy atom. The Kier molecular flexibility index (Phi) is 5.71. The Morgan fingerprint density at radius 2 is 2.05 bits per heavy atom. The van der Waals surface area contributed by atoms with Gasteiger partial charge in [-0.1, -0.05) is 30.3 Å². The lowest BCUT2D eigenvalue weighted by Crippen LogP contribution is -2.15. The van der Waals surface area contributed by atoms with Crippen molar-refractivity contribution in [3.8, 4) is 0 Å². The topological polar surface area (TPSA) is 102 Å². The van der Waals surface area contributed by atoms with Gasteiger partial charge >= 0.3 is 11.9 Å². The van der Waals surface area contributed by atoms with E-state index in [1.165, 1.54) is 0 Å². The first-order valence-corrected chi connectivity index (χ1v) is 6.28. The first-order chi connectivity index (χ1) is 9.47. The molecule has 0 radical (unpaired) electrons. The van der Waals surface area contributed by atoms with Crippen LogP contribution in [-0.4, -0.2) is 23.0 Å². The van der Waals surface area contributed by atoms with E-state index < -0.39 is 11.9 Å². The standard InChI is InChI=1S/C14H18N2O4/c1-3-12(17)20-13(18)7-5-10-4-6-11(9(2)8-10)14(15)16-19/h4,6,8,19H,3,5,7H2,1-2H3,(H2,15,16). The molecule has 0 amide bonds. The number of rotatable bonds is 5. The molecule has 0 spiro atoms. The molecular weight excluding hydrogens is 260 g/mol. The van der Waals surface area contributed by atoms with Gasteiger partial charge in [0.1, 0.15) is 0 Å². The summed E-state index contributed by atoms with van der Waals surface area (Å²) in [5.41, 5.74) is 7.92. The number of amidine groups is 1. The molecule has 0 atom stereocenters. The van der Waals surface area contributed by atoms with E-state index in [9.17, 15) is 9.59 Å². The molecule has 0 saturated carbocycles. The third-order valence-corrected chi connectivity index (χ3v) is 2.81. The quantitative estimate of drug-likeness (QED) is 0.212. The van der Waals surface area contributed by atoms with Gasteiger partial charge in [0.15, 0.2) is 5.84 Å². The molecule has 0 aliphatic rings. The number of benzene rings is 1. The predicted molar refractivity (Wildman–Crippen MR) is 73.4 cm³/mol. The number of carbonyl (C=O) groups is 2. The summed E-state index contributed by atoms with van der Waals surface area (Å²) in [6.45, 7) is 3.46. The molecule has 1 aromatic carbocycles. The lowest BCUT2D eigenvalue weighted by molar-refractivity contribution is -0.159. The molecule has 20 heavy (non-hydrogen) atoms. The Balaban J connectivity index is 2.64. The van der Waals surface area contributed by atoms with Crippen molar-refractivity contribution in [1.29, 1.82) is 0 Å². The van der Waals surface area contributed by atoms with Crippen molar-refractivity contribution in [3.63, 3.8) is 0 Å². The van der Waals surface area contributed by atoms with E-state index in [2.05, 4.69) is 9.89 Å². The number of nitrogens with two attached hydrogens (primary N) is 1. The van der Waals surface area contributed by atoms with E-state index in [0.717, 1.165) is 11.1 Å². The fraction of sp³-hybridized carbons (Fsp3) is 0.357. The first-order valence-electron chi connectivity index (χ1n) is 6.28. The van der Waals surface area contributed by atoms with Crippen LogP contribution >= 0.6 is 0 Å². The minimum Gasteiger partial charge on any atom is -0.409 e. The van der Waals surface area contributed by atoms with Crippen LogP contribution in [0.3, 0.4) is 0 Å². The Bertz CT molecular complexity index is 538. The second-order valence-electron chi connectivity index (χ2n) is 4.33. The highest BCUT2D eigenvalue weighted by Crippen LogP contribution is 2.13. The third-order valence-electron chi connectivity index (χ3n) is 2.81. The van der Waals surface area contributed by atoms with Gasteiger partial charge in [0.25, 0.3) is 0 Å². The van der Waals surface area contributed by atoms with Crippen molar-refractivity contribution in [2.75, 3.05) is 0 Å². The minimum absolute atomic E-state index is 0.0435. The van der Waals surface area contributed by atoms with Gasteiger partial charge in [0.2, 0.25) is 0 Å². The number of ether oxygens (including phenoxy) is 1. The van der Waals surface area contributed by atoms with Crippen LogP contribution < -0.4 is 5.73 Å². The normalized spacial score (nSPS) is 11.2. The SMILES string of the molecule is CCC(=O)OC(=O)CCc1ccc(C(N)=NO)c(C)c1. The molecule has 0 aliphatic carbocycles. The van der Waals surface area contributed by atoms with Crippen LogP contribution in [0, 0.1) is 6.92 Å². The van der Waals surface area contributed by atoms with Gasteiger partial charge in [0, 0.05) is 12.0 Å². The number of esters is 2. The second-order valence-corrected chi connectivity index (χ2v) is 4.33. The number of aryl methyl sites for hydroxylation is 2. The van der Waals surface area contributed by atoms with Gasteiger partial charge in [0.05, 0.1) is 6.42 Å². The summed E-state index contributed by atoms with van der Waals surface area (Å²) >= 11 is 0. The zero-order valence-corrected chi connectivity index (χ0v) is 11.5. The van der Waals surface area contributed by atoms with Crippen molar-refractivity contribution in [3.05, 3.63) is 34.9 Å². The lowest BCUT2D eigenvalue weighted by atomic mass is 10.0. The maximum Gasteiger partial charge on any atom is 0.313 e. The number of hydrogen-bond acceptors (Lipinski definition) is 5. The van der Waals surface area contributed by atoms with Crippen LogP contribution in [0.1, 0.15) is 36.5 Å². The molecule has 6 nitrogen and oxygen atoms in total. The van der Waals surface area contributed by atoms with Crippen molar-refractivity contribution in [2.45, 2.75) is 33.1 Å². The Labute approximate surface area is 117 Å². The zero-order chi connectivity index (χ0) is 15.1. The summed E-state index contributed by atoms with van der Waals surface area (Å²) in [4.78, 5) is 22.3. The van der Waals surface area contributed by atoms with Gasteiger partial charge in [-0.2, -0.15) is 0 Å². The molecule has 0 saturated heterocycles. The molecule has 1 aromatic rings. The molecule has 0 bridgehead atoms. The molecule has 1 rings (SSSR count). The molecular formula is C14H18N2O4. The van der Waals surface area contributed by atoms with Crippen LogP contribution in [-0.2, 0) is 20.7 Å². The molecule has 0 unspecified atom stereocenters. The maximum absolute atomic E-state index is 11.4. The van der Waals surface area contributed by atoms with E-state index in [0.29, 0.717) is 12.0 Å². The van der Waals surface area contributed by atoms with Gasteiger partial charge < -0.3 is 15.7 Å². The van der Waals surface area contributed by atoms with Crippen molar-refractivity contribution in [2.24, 2.45) is 10.9 Å². The molecule has 108 valence electrons. The van der Waals surface area contributed by atoms with E-state index >= 15 is 0 Å². The molecule has 6 heteroatoms. The zero-order valence-electron chi connectivity index (χ0n) is 11.5. The first kappa shape index (κ1) is 15.7. The number of oxime groups is 1. The second kappa shape index (κ2) is 7.28. The molecule has 0 aromatic heterocycles. The summed E-state index contributed by atoms with van der Waals surface area (Å²) in [5, 5.41) is 11.6. The lowest BCUT2D eigenvalue weighted by Gasteiger charge is -2.07. The largest absolute Gasteiger partial charge is 0.409 e. The predicted octanol–water partition coefficient (Wildman–Crippen LogP) is 1.50. The summed E-state index contributed by atoms with van der Waals surface area (Å²) in [6, 6.07) is 5.36. The Hall–Kier alpha value is -2.37. The number of hydrogen-bond donors (Lipinski definition) is 2. The van der Waals surface area contributed by atoms with E-state index in [1.807, 2.05) is 13.0 Å². The minimum atomic E-state index is -0.532. The third kappa shape index (κ3) is 4.38. The highest BCUT2D eigenvalue weighted by atomic mass is 16.6. The summed E-state index contributed by atoms with van der Waals surface area (Å²) in [5.74, 6) is -1.01. The van der Waals surface area contributed by atoms with Crippen LogP contribution in [0.25, 0.3) is 0 Å². The number of carbonyl (C=O) groups excluding carboxylic acids is 2. The van der Waals surface area contributed by atoms with E-state index in [-0.39, 0.29) is 18.7 Å². The van der Waals surface area contributed by atoms with E-state index in [4.69, 9.17) is 10.9 Å². The summed E-state index contributed by atoms with van der Waals surface area (Å²) < 4.78 is 4.58. The van der Waals surface area contributed by atoms with Gasteiger partial charge in [-0.15, -0.1) is 0 Å². The van der Waals surface area contributed by atoms with Crippen LogP contribution in [0.15, 0.2) is 23.4 Å². The van der Waals surface area contributed by atoms with Crippen molar-refractivity contribution >= 4 is 17.8 Å². The fourth-order valence-electron chi connectivity index (χ4n) is 1.72. The molecule has 0 fully saturated rings. The average Bonchev–Trinajstić information content (AvgIpc) is 2.44. The summed E-state index contributed by atoms with van der Waals surface area (Å²) in [7, 11) is 0. The Morgan fingerprint density at radius 1 is 1.35 bits per heavy atom. The van der Waals surface area contributed by atoms with Crippen LogP contribution in [0.2, 0.25) is 0 Å². The summed E-state index contributed by atoms with van der Waals surface area (Å²) in [6.07, 6.45) is 0.778. The van der Waals surface area contributed by atoms with Crippen molar-refractivity contribution < 1.29 is 19.5 Å². The fourth-order valence-corrected chi connectivity index (χ4v) is 1.72. The smallest absolute Gasteiger partial charge is 0.313 e. The molecule has 0 aliphatic heterocycles. The molecule has 0 heterocycles. The van der Waals surface area contributed by atoms with Gasteiger partial charge in [-0.05, 0) is 24.5 Å².